The zero-order chi connectivity index (χ0) is 13.1. The highest BCUT2D eigenvalue weighted by Gasteiger charge is 2.16. The summed E-state index contributed by atoms with van der Waals surface area (Å²) in [5.74, 6) is -0.210. The first-order valence-corrected chi connectivity index (χ1v) is 6.75. The average molecular weight is 265 g/mol. The predicted octanol–water partition coefficient (Wildman–Crippen LogP) is 3.32. The molecule has 1 N–H and O–H groups in total. The highest BCUT2D eigenvalue weighted by molar-refractivity contribution is 7.14. The number of halogens is 1. The SMILES string of the molecule is CCC(NC)c1nnc(-c2cccc(C)c2F)s1. The van der Waals surface area contributed by atoms with Gasteiger partial charge in [0.15, 0.2) is 5.01 Å². The number of hydrogen-bond acceptors (Lipinski definition) is 4. The van der Waals surface area contributed by atoms with Crippen LogP contribution in [0.3, 0.4) is 0 Å². The van der Waals surface area contributed by atoms with Crippen LogP contribution in [0.25, 0.3) is 10.6 Å². The normalized spacial score (nSPS) is 12.7. The number of hydrogen-bond donors (Lipinski definition) is 1. The Kier molecular flexibility index (Phi) is 4.04. The van der Waals surface area contributed by atoms with Gasteiger partial charge < -0.3 is 5.32 Å². The molecule has 0 aliphatic heterocycles. The summed E-state index contributed by atoms with van der Waals surface area (Å²) < 4.78 is 14.0. The Morgan fingerprint density at radius 3 is 2.83 bits per heavy atom. The summed E-state index contributed by atoms with van der Waals surface area (Å²) in [6, 6.07) is 5.52. The Morgan fingerprint density at radius 2 is 2.17 bits per heavy atom. The van der Waals surface area contributed by atoms with Crippen molar-refractivity contribution in [2.24, 2.45) is 0 Å². The van der Waals surface area contributed by atoms with Gasteiger partial charge in [-0.15, -0.1) is 10.2 Å². The van der Waals surface area contributed by atoms with Crippen molar-refractivity contribution in [3.05, 3.63) is 34.6 Å². The van der Waals surface area contributed by atoms with Gasteiger partial charge in [-0.05, 0) is 32.0 Å². The van der Waals surface area contributed by atoms with Crippen molar-refractivity contribution in [3.8, 4) is 10.6 Å². The van der Waals surface area contributed by atoms with Crippen LogP contribution in [0.2, 0.25) is 0 Å². The minimum atomic E-state index is -0.210. The molecular weight excluding hydrogens is 249 g/mol. The van der Waals surface area contributed by atoms with E-state index in [-0.39, 0.29) is 11.9 Å². The Hall–Kier alpha value is -1.33. The summed E-state index contributed by atoms with van der Waals surface area (Å²) >= 11 is 1.44. The van der Waals surface area contributed by atoms with Crippen LogP contribution >= 0.6 is 11.3 Å². The second kappa shape index (κ2) is 5.54. The van der Waals surface area contributed by atoms with Gasteiger partial charge in [-0.3, -0.25) is 0 Å². The summed E-state index contributed by atoms with van der Waals surface area (Å²) in [7, 11) is 1.89. The van der Waals surface area contributed by atoms with Crippen LogP contribution in [0.5, 0.6) is 0 Å². The largest absolute Gasteiger partial charge is 0.311 e. The first-order valence-electron chi connectivity index (χ1n) is 5.93. The lowest BCUT2D eigenvalue weighted by Gasteiger charge is -2.08. The van der Waals surface area contributed by atoms with Crippen LogP contribution in [0.15, 0.2) is 18.2 Å². The fourth-order valence-electron chi connectivity index (χ4n) is 1.80. The third-order valence-corrected chi connectivity index (χ3v) is 3.99. The number of benzene rings is 1. The second-order valence-corrected chi connectivity index (χ2v) is 5.14. The third-order valence-electron chi connectivity index (χ3n) is 2.92. The van der Waals surface area contributed by atoms with Crippen molar-refractivity contribution in [1.29, 1.82) is 0 Å². The van der Waals surface area contributed by atoms with Gasteiger partial charge in [-0.25, -0.2) is 4.39 Å². The fourth-order valence-corrected chi connectivity index (χ4v) is 2.85. The lowest BCUT2D eigenvalue weighted by Crippen LogP contribution is -2.14. The molecule has 2 aromatic rings. The maximum atomic E-state index is 14.0. The smallest absolute Gasteiger partial charge is 0.150 e. The molecule has 5 heteroatoms. The molecule has 1 heterocycles. The summed E-state index contributed by atoms with van der Waals surface area (Å²) in [5, 5.41) is 12.9. The lowest BCUT2D eigenvalue weighted by atomic mass is 10.1. The molecule has 0 aliphatic carbocycles. The van der Waals surface area contributed by atoms with E-state index < -0.39 is 0 Å². The third kappa shape index (κ3) is 2.42. The standard InChI is InChI=1S/C13H16FN3S/c1-4-10(15-3)13-17-16-12(18-13)9-7-5-6-8(2)11(9)14/h5-7,10,15H,4H2,1-3H3. The highest BCUT2D eigenvalue weighted by Crippen LogP contribution is 2.30. The Bertz CT molecular complexity index is 535. The molecule has 18 heavy (non-hydrogen) atoms. The molecule has 2 rings (SSSR count). The van der Waals surface area contributed by atoms with Crippen LogP contribution in [0.1, 0.15) is 30.0 Å². The van der Waals surface area contributed by atoms with E-state index in [1.54, 1.807) is 19.1 Å². The van der Waals surface area contributed by atoms with Crippen LogP contribution < -0.4 is 5.32 Å². The molecule has 96 valence electrons. The van der Waals surface area contributed by atoms with E-state index in [0.717, 1.165) is 11.4 Å². The van der Waals surface area contributed by atoms with Crippen molar-refractivity contribution < 1.29 is 4.39 Å². The molecule has 1 unspecified atom stereocenters. The molecule has 0 bridgehead atoms. The Balaban J connectivity index is 2.38. The van der Waals surface area contributed by atoms with E-state index in [9.17, 15) is 4.39 Å². The molecule has 0 fully saturated rings. The van der Waals surface area contributed by atoms with Gasteiger partial charge in [0, 0.05) is 5.56 Å². The molecular formula is C13H16FN3S. The number of aromatic nitrogens is 2. The molecule has 0 radical (unpaired) electrons. The molecule has 0 spiro atoms. The van der Waals surface area contributed by atoms with Crippen LogP contribution in [0.4, 0.5) is 4.39 Å². The molecule has 1 atom stereocenters. The van der Waals surface area contributed by atoms with E-state index >= 15 is 0 Å². The van der Waals surface area contributed by atoms with Gasteiger partial charge in [0.05, 0.1) is 6.04 Å². The van der Waals surface area contributed by atoms with E-state index in [2.05, 4.69) is 22.4 Å². The van der Waals surface area contributed by atoms with Crippen molar-refractivity contribution in [2.45, 2.75) is 26.3 Å². The molecule has 0 saturated heterocycles. The Labute approximate surface area is 110 Å². The summed E-state index contributed by atoms with van der Waals surface area (Å²) in [6.45, 7) is 3.83. The zero-order valence-electron chi connectivity index (χ0n) is 10.7. The topological polar surface area (TPSA) is 37.8 Å². The number of nitrogens with zero attached hydrogens (tertiary/aromatic N) is 2. The van der Waals surface area contributed by atoms with Gasteiger partial charge in [-0.2, -0.15) is 0 Å². The summed E-state index contributed by atoms with van der Waals surface area (Å²) in [6.07, 6.45) is 0.932. The molecule has 1 aromatic carbocycles. The molecule has 0 amide bonds. The van der Waals surface area contributed by atoms with Gasteiger partial charge in [0.1, 0.15) is 10.8 Å². The molecule has 3 nitrogen and oxygen atoms in total. The minimum Gasteiger partial charge on any atom is -0.311 e. The van der Waals surface area contributed by atoms with E-state index in [4.69, 9.17) is 0 Å². The maximum Gasteiger partial charge on any atom is 0.150 e. The quantitative estimate of drug-likeness (QED) is 0.921. The van der Waals surface area contributed by atoms with Crippen LogP contribution in [0, 0.1) is 12.7 Å². The maximum absolute atomic E-state index is 14.0. The summed E-state index contributed by atoms with van der Waals surface area (Å²) in [4.78, 5) is 0. The first-order chi connectivity index (χ1) is 8.67. The zero-order valence-corrected chi connectivity index (χ0v) is 11.5. The Morgan fingerprint density at radius 1 is 1.39 bits per heavy atom. The average Bonchev–Trinajstić information content (AvgIpc) is 2.84. The van der Waals surface area contributed by atoms with E-state index in [1.165, 1.54) is 11.3 Å². The molecule has 1 aromatic heterocycles. The summed E-state index contributed by atoms with van der Waals surface area (Å²) in [5.41, 5.74) is 1.16. The van der Waals surface area contributed by atoms with Crippen molar-refractivity contribution in [1.82, 2.24) is 15.5 Å². The van der Waals surface area contributed by atoms with E-state index in [1.807, 2.05) is 13.1 Å². The van der Waals surface area contributed by atoms with E-state index in [0.29, 0.717) is 16.1 Å². The monoisotopic (exact) mass is 265 g/mol. The second-order valence-electron chi connectivity index (χ2n) is 4.13. The lowest BCUT2D eigenvalue weighted by molar-refractivity contribution is 0.568. The van der Waals surface area contributed by atoms with Gasteiger partial charge in [0.25, 0.3) is 0 Å². The van der Waals surface area contributed by atoms with Crippen molar-refractivity contribution >= 4 is 11.3 Å². The van der Waals surface area contributed by atoms with Crippen LogP contribution in [-0.2, 0) is 0 Å². The number of rotatable bonds is 4. The highest BCUT2D eigenvalue weighted by atomic mass is 32.1. The van der Waals surface area contributed by atoms with Crippen molar-refractivity contribution in [2.75, 3.05) is 7.05 Å². The van der Waals surface area contributed by atoms with Gasteiger partial charge in [0.2, 0.25) is 0 Å². The van der Waals surface area contributed by atoms with Crippen molar-refractivity contribution in [3.63, 3.8) is 0 Å². The fraction of sp³-hybridized carbons (Fsp3) is 0.385. The predicted molar refractivity (Wildman–Crippen MR) is 72.1 cm³/mol. The first kappa shape index (κ1) is 13.1. The number of aryl methyl sites for hydroxylation is 1. The number of nitrogens with one attached hydrogen (secondary N) is 1. The van der Waals surface area contributed by atoms with Crippen LogP contribution in [-0.4, -0.2) is 17.2 Å². The molecule has 0 saturated carbocycles. The minimum absolute atomic E-state index is 0.184. The van der Waals surface area contributed by atoms with Gasteiger partial charge in [-0.1, -0.05) is 30.4 Å². The van der Waals surface area contributed by atoms with Gasteiger partial charge >= 0.3 is 0 Å². The molecule has 0 aliphatic rings.